The Morgan fingerprint density at radius 1 is 1.18 bits per heavy atom. The molecule has 1 aliphatic rings. The van der Waals surface area contributed by atoms with Gasteiger partial charge in [-0.15, -0.1) is 0 Å². The van der Waals surface area contributed by atoms with E-state index in [-0.39, 0.29) is 17.7 Å². The molecule has 1 saturated heterocycles. The van der Waals surface area contributed by atoms with Crippen molar-refractivity contribution in [3.05, 3.63) is 35.4 Å². The van der Waals surface area contributed by atoms with Crippen molar-refractivity contribution in [1.82, 2.24) is 15.1 Å². The van der Waals surface area contributed by atoms with Gasteiger partial charge in [-0.3, -0.25) is 14.5 Å². The Bertz CT molecular complexity index is 661. The summed E-state index contributed by atoms with van der Waals surface area (Å²) in [5.74, 6) is 0.0704. The van der Waals surface area contributed by atoms with Gasteiger partial charge in [-0.2, -0.15) is 0 Å². The first kappa shape index (κ1) is 22.4. The van der Waals surface area contributed by atoms with Gasteiger partial charge in [0.15, 0.2) is 0 Å². The summed E-state index contributed by atoms with van der Waals surface area (Å²) < 4.78 is 0. The lowest BCUT2D eigenvalue weighted by Gasteiger charge is -2.35. The number of hydrogen-bond acceptors (Lipinski definition) is 3. The second-order valence-corrected chi connectivity index (χ2v) is 9.38. The maximum Gasteiger partial charge on any atom is 0.227 e. The van der Waals surface area contributed by atoms with Crippen molar-refractivity contribution in [2.24, 2.45) is 11.3 Å². The van der Waals surface area contributed by atoms with E-state index in [1.54, 1.807) is 0 Å². The van der Waals surface area contributed by atoms with Crippen molar-refractivity contribution < 1.29 is 9.59 Å². The van der Waals surface area contributed by atoms with E-state index in [2.05, 4.69) is 55.4 Å². The van der Waals surface area contributed by atoms with E-state index in [1.807, 2.05) is 25.7 Å². The van der Waals surface area contributed by atoms with Crippen LogP contribution >= 0.6 is 0 Å². The van der Waals surface area contributed by atoms with E-state index < -0.39 is 5.41 Å². The summed E-state index contributed by atoms with van der Waals surface area (Å²) in [5, 5.41) is 3.06. The third-order valence-electron chi connectivity index (χ3n) is 5.52. The Hall–Kier alpha value is -1.88. The third kappa shape index (κ3) is 6.33. The molecule has 1 fully saturated rings. The highest BCUT2D eigenvalue weighted by Gasteiger charge is 2.33. The molecule has 5 heteroatoms. The fourth-order valence-electron chi connectivity index (χ4n) is 3.42. The van der Waals surface area contributed by atoms with Crippen molar-refractivity contribution in [2.75, 3.05) is 20.1 Å². The Morgan fingerprint density at radius 3 is 2.36 bits per heavy atom. The van der Waals surface area contributed by atoms with Crippen LogP contribution in [0.2, 0.25) is 0 Å². The Balaban J connectivity index is 1.85. The quantitative estimate of drug-likeness (QED) is 0.814. The molecule has 2 rings (SSSR count). The summed E-state index contributed by atoms with van der Waals surface area (Å²) >= 11 is 0. The van der Waals surface area contributed by atoms with Crippen LogP contribution in [0.5, 0.6) is 0 Å². The zero-order chi connectivity index (χ0) is 20.9. The fraction of sp³-hybridized carbons (Fsp3) is 0.652. The molecule has 0 aromatic heterocycles. The summed E-state index contributed by atoms with van der Waals surface area (Å²) in [6.07, 6.45) is 1.73. The summed E-state index contributed by atoms with van der Waals surface area (Å²) in [7, 11) is 2.12. The van der Waals surface area contributed by atoms with E-state index in [9.17, 15) is 9.59 Å². The van der Waals surface area contributed by atoms with E-state index in [4.69, 9.17) is 0 Å². The van der Waals surface area contributed by atoms with Crippen molar-refractivity contribution in [2.45, 2.75) is 66.6 Å². The zero-order valence-electron chi connectivity index (χ0n) is 18.4. The zero-order valence-corrected chi connectivity index (χ0v) is 18.4. The second-order valence-electron chi connectivity index (χ2n) is 9.38. The van der Waals surface area contributed by atoms with E-state index >= 15 is 0 Å². The van der Waals surface area contributed by atoms with E-state index in [1.165, 1.54) is 5.56 Å². The first-order chi connectivity index (χ1) is 13.1. The lowest BCUT2D eigenvalue weighted by Crippen LogP contribution is -2.48. The number of piperidine rings is 1. The van der Waals surface area contributed by atoms with Gasteiger partial charge in [0.05, 0.1) is 5.92 Å². The topological polar surface area (TPSA) is 52.7 Å². The summed E-state index contributed by atoms with van der Waals surface area (Å²) in [6.45, 7) is 12.9. The molecule has 1 heterocycles. The SMILES string of the molecule is CC(C)N(C)Cc1ccc(CNC(=O)[C@@H]2CCCN(C(=O)C(C)(C)C)C2)cc1. The number of nitrogens with zero attached hydrogens (tertiary/aromatic N) is 2. The minimum absolute atomic E-state index is 0.0510. The number of hydrogen-bond donors (Lipinski definition) is 1. The molecule has 5 nitrogen and oxygen atoms in total. The molecule has 1 aromatic rings. The van der Waals surface area contributed by atoms with E-state index in [0.717, 1.165) is 31.5 Å². The van der Waals surface area contributed by atoms with Crippen LogP contribution in [0.1, 0.15) is 58.6 Å². The molecule has 1 aromatic carbocycles. The number of carbonyl (C=O) groups is 2. The fourth-order valence-corrected chi connectivity index (χ4v) is 3.42. The first-order valence-electron chi connectivity index (χ1n) is 10.4. The molecule has 0 spiro atoms. The lowest BCUT2D eigenvalue weighted by molar-refractivity contribution is -0.142. The highest BCUT2D eigenvalue weighted by molar-refractivity contribution is 5.83. The molecule has 0 radical (unpaired) electrons. The van der Waals surface area contributed by atoms with Gasteiger partial charge in [-0.25, -0.2) is 0 Å². The van der Waals surface area contributed by atoms with Gasteiger partial charge in [0.2, 0.25) is 11.8 Å². The Labute approximate surface area is 170 Å². The Morgan fingerprint density at radius 2 is 1.79 bits per heavy atom. The molecule has 0 aliphatic carbocycles. The van der Waals surface area contributed by atoms with Crippen LogP contribution in [0.3, 0.4) is 0 Å². The summed E-state index contributed by atoms with van der Waals surface area (Å²) in [6, 6.07) is 8.94. The maximum absolute atomic E-state index is 12.6. The van der Waals surface area contributed by atoms with Gasteiger partial charge in [0, 0.05) is 37.6 Å². The summed E-state index contributed by atoms with van der Waals surface area (Å²) in [5.41, 5.74) is 1.97. The standard InChI is InChI=1S/C23H37N3O2/c1-17(2)25(6)15-19-11-9-18(10-12-19)14-24-21(27)20-8-7-13-26(16-20)22(28)23(3,4)5/h9-12,17,20H,7-8,13-16H2,1-6H3,(H,24,27)/t20-/m1/s1. The second kappa shape index (κ2) is 9.55. The average Bonchev–Trinajstić information content (AvgIpc) is 2.65. The molecule has 1 N–H and O–H groups in total. The number of carbonyl (C=O) groups excluding carboxylic acids is 2. The molecule has 0 unspecified atom stereocenters. The minimum atomic E-state index is -0.399. The van der Waals surface area contributed by atoms with Gasteiger partial charge in [-0.1, -0.05) is 45.0 Å². The molecule has 0 bridgehead atoms. The number of likely N-dealkylation sites (tertiary alicyclic amines) is 1. The number of benzene rings is 1. The monoisotopic (exact) mass is 387 g/mol. The van der Waals surface area contributed by atoms with E-state index in [0.29, 0.717) is 19.1 Å². The molecule has 28 heavy (non-hydrogen) atoms. The predicted molar refractivity (Wildman–Crippen MR) is 114 cm³/mol. The maximum atomic E-state index is 12.6. The van der Waals surface area contributed by atoms with Gasteiger partial charge < -0.3 is 10.2 Å². The highest BCUT2D eigenvalue weighted by Crippen LogP contribution is 2.23. The average molecular weight is 388 g/mol. The van der Waals surface area contributed by atoms with Crippen LogP contribution < -0.4 is 5.32 Å². The van der Waals surface area contributed by atoms with Crippen LogP contribution in [-0.2, 0) is 22.7 Å². The molecular weight excluding hydrogens is 350 g/mol. The molecule has 1 atom stereocenters. The van der Waals surface area contributed by atoms with Gasteiger partial charge in [-0.05, 0) is 44.9 Å². The third-order valence-corrected chi connectivity index (χ3v) is 5.52. The van der Waals surface area contributed by atoms with Crippen LogP contribution in [0.4, 0.5) is 0 Å². The molecular formula is C23H37N3O2. The molecule has 1 aliphatic heterocycles. The number of amides is 2. The first-order valence-corrected chi connectivity index (χ1v) is 10.4. The van der Waals surface area contributed by atoms with Crippen LogP contribution in [-0.4, -0.2) is 47.8 Å². The largest absolute Gasteiger partial charge is 0.352 e. The predicted octanol–water partition coefficient (Wildman–Crippen LogP) is 3.43. The molecule has 156 valence electrons. The summed E-state index contributed by atoms with van der Waals surface area (Å²) in [4.78, 5) is 29.3. The smallest absolute Gasteiger partial charge is 0.227 e. The van der Waals surface area contributed by atoms with Crippen LogP contribution in [0, 0.1) is 11.3 Å². The minimum Gasteiger partial charge on any atom is -0.352 e. The van der Waals surface area contributed by atoms with Gasteiger partial charge in [0.25, 0.3) is 0 Å². The molecule has 2 amide bonds. The normalized spacial score (nSPS) is 17.9. The Kier molecular flexibility index (Phi) is 7.64. The van der Waals surface area contributed by atoms with Crippen molar-refractivity contribution in [1.29, 1.82) is 0 Å². The lowest BCUT2D eigenvalue weighted by atomic mass is 9.91. The van der Waals surface area contributed by atoms with Crippen molar-refractivity contribution >= 4 is 11.8 Å². The number of rotatable bonds is 6. The van der Waals surface area contributed by atoms with Gasteiger partial charge >= 0.3 is 0 Å². The number of nitrogens with one attached hydrogen (secondary N) is 1. The van der Waals surface area contributed by atoms with Crippen molar-refractivity contribution in [3.8, 4) is 0 Å². The highest BCUT2D eigenvalue weighted by atomic mass is 16.2. The van der Waals surface area contributed by atoms with Gasteiger partial charge in [0.1, 0.15) is 0 Å². The van der Waals surface area contributed by atoms with Crippen LogP contribution in [0.15, 0.2) is 24.3 Å². The van der Waals surface area contributed by atoms with Crippen molar-refractivity contribution in [3.63, 3.8) is 0 Å². The molecule has 0 saturated carbocycles. The van der Waals surface area contributed by atoms with Crippen LogP contribution in [0.25, 0.3) is 0 Å².